The quantitative estimate of drug-likeness (QED) is 0.850. The molecule has 1 aromatic rings. The maximum atomic E-state index is 12.6. The molecule has 1 saturated carbocycles. The molecule has 1 aromatic heterocycles. The van der Waals surface area contributed by atoms with Crippen LogP contribution in [0.3, 0.4) is 0 Å². The Bertz CT molecular complexity index is 557. The molecule has 1 aliphatic heterocycles. The smallest absolute Gasteiger partial charge is 0.256 e. The number of nitrogens with zero attached hydrogens (tertiary/aromatic N) is 3. The summed E-state index contributed by atoms with van der Waals surface area (Å²) in [4.78, 5) is 32.8. The van der Waals surface area contributed by atoms with Crippen LogP contribution in [0.5, 0.6) is 0 Å². The van der Waals surface area contributed by atoms with E-state index >= 15 is 0 Å². The molecule has 1 unspecified atom stereocenters. The zero-order valence-corrected chi connectivity index (χ0v) is 13.1. The topological polar surface area (TPSA) is 53.5 Å². The van der Waals surface area contributed by atoms with Crippen molar-refractivity contribution in [1.29, 1.82) is 0 Å². The van der Waals surface area contributed by atoms with E-state index in [0.717, 1.165) is 18.5 Å². The number of rotatable bonds is 3. The summed E-state index contributed by atoms with van der Waals surface area (Å²) in [7, 11) is 1.85. The van der Waals surface area contributed by atoms with Gasteiger partial charge in [0.25, 0.3) is 5.91 Å². The molecular weight excluding hydrogens is 286 g/mol. The molecule has 0 N–H and O–H groups in total. The predicted octanol–water partition coefficient (Wildman–Crippen LogP) is 1.53. The fraction of sp³-hybridized carbons (Fsp3) is 0.533. The van der Waals surface area contributed by atoms with Crippen molar-refractivity contribution >= 4 is 23.6 Å². The lowest BCUT2D eigenvalue weighted by Gasteiger charge is -2.27. The first kappa shape index (κ1) is 14.4. The standard InChI is InChI=1S/C15H19N3O2S/c1-10-3-4-11(7-16-10)14(19)18-9-21-8-13(18)15(20)17(2)12-5-6-12/h3-4,7,12-13H,5-6,8-9H2,1-2H3. The summed E-state index contributed by atoms with van der Waals surface area (Å²) in [6.45, 7) is 1.89. The Morgan fingerprint density at radius 2 is 2.14 bits per heavy atom. The number of aromatic nitrogens is 1. The molecule has 1 saturated heterocycles. The minimum absolute atomic E-state index is 0.0657. The van der Waals surface area contributed by atoms with Gasteiger partial charge in [0.1, 0.15) is 6.04 Å². The number of carbonyl (C=O) groups is 2. The van der Waals surface area contributed by atoms with Crippen molar-refractivity contribution in [3.63, 3.8) is 0 Å². The largest absolute Gasteiger partial charge is 0.341 e. The zero-order chi connectivity index (χ0) is 15.0. The van der Waals surface area contributed by atoms with E-state index in [2.05, 4.69) is 4.98 Å². The van der Waals surface area contributed by atoms with Crippen LogP contribution >= 0.6 is 11.8 Å². The highest BCUT2D eigenvalue weighted by Crippen LogP contribution is 2.29. The number of amides is 2. The first-order chi connectivity index (χ1) is 10.1. The lowest BCUT2D eigenvalue weighted by molar-refractivity contribution is -0.134. The van der Waals surface area contributed by atoms with Crippen LogP contribution in [-0.4, -0.2) is 57.4 Å². The van der Waals surface area contributed by atoms with Gasteiger partial charge in [0.15, 0.2) is 0 Å². The fourth-order valence-corrected chi connectivity index (χ4v) is 3.63. The number of pyridine rings is 1. The third-order valence-corrected chi connectivity index (χ3v) is 5.04. The minimum atomic E-state index is -0.339. The molecule has 112 valence electrons. The summed E-state index contributed by atoms with van der Waals surface area (Å²) >= 11 is 1.63. The van der Waals surface area contributed by atoms with Gasteiger partial charge in [-0.25, -0.2) is 0 Å². The average molecular weight is 305 g/mol. The van der Waals surface area contributed by atoms with Crippen molar-refractivity contribution in [2.45, 2.75) is 31.8 Å². The predicted molar refractivity (Wildman–Crippen MR) is 82.0 cm³/mol. The lowest BCUT2D eigenvalue weighted by atomic mass is 10.2. The van der Waals surface area contributed by atoms with E-state index < -0.39 is 0 Å². The van der Waals surface area contributed by atoms with Gasteiger partial charge >= 0.3 is 0 Å². The van der Waals surface area contributed by atoms with E-state index in [1.165, 1.54) is 0 Å². The van der Waals surface area contributed by atoms with Crippen molar-refractivity contribution in [1.82, 2.24) is 14.8 Å². The molecule has 3 rings (SSSR count). The Labute approximate surface area is 128 Å². The van der Waals surface area contributed by atoms with Gasteiger partial charge in [-0.1, -0.05) is 0 Å². The summed E-state index contributed by atoms with van der Waals surface area (Å²) in [5, 5.41) is 0. The molecule has 6 heteroatoms. The average Bonchev–Trinajstić information content (AvgIpc) is 3.23. The second-order valence-corrected chi connectivity index (χ2v) is 6.66. The molecule has 1 atom stereocenters. The van der Waals surface area contributed by atoms with Crippen LogP contribution in [0.4, 0.5) is 0 Å². The number of likely N-dealkylation sites (N-methyl/N-ethyl adjacent to an activating group) is 1. The van der Waals surface area contributed by atoms with Gasteiger partial charge in [-0.15, -0.1) is 11.8 Å². The molecule has 0 radical (unpaired) electrons. The Morgan fingerprint density at radius 3 is 2.76 bits per heavy atom. The summed E-state index contributed by atoms with van der Waals surface area (Å²) in [6, 6.07) is 3.64. The molecule has 2 amide bonds. The van der Waals surface area contributed by atoms with Gasteiger partial charge in [-0.3, -0.25) is 14.6 Å². The van der Waals surface area contributed by atoms with E-state index in [0.29, 0.717) is 23.2 Å². The zero-order valence-electron chi connectivity index (χ0n) is 12.3. The van der Waals surface area contributed by atoms with Gasteiger partial charge < -0.3 is 9.80 Å². The Hall–Kier alpha value is -1.56. The highest BCUT2D eigenvalue weighted by molar-refractivity contribution is 7.99. The summed E-state index contributed by atoms with van der Waals surface area (Å²) < 4.78 is 0. The summed E-state index contributed by atoms with van der Waals surface area (Å²) in [5.74, 6) is 1.22. The van der Waals surface area contributed by atoms with E-state index in [1.807, 2.05) is 24.9 Å². The Morgan fingerprint density at radius 1 is 1.38 bits per heavy atom. The monoisotopic (exact) mass is 305 g/mol. The third kappa shape index (κ3) is 2.90. The molecule has 5 nitrogen and oxygen atoms in total. The van der Waals surface area contributed by atoms with Crippen LogP contribution in [0.2, 0.25) is 0 Å². The van der Waals surface area contributed by atoms with Crippen molar-refractivity contribution < 1.29 is 9.59 Å². The van der Waals surface area contributed by atoms with Crippen molar-refractivity contribution in [2.75, 3.05) is 18.7 Å². The van der Waals surface area contributed by atoms with Gasteiger partial charge in [0, 0.05) is 30.7 Å². The molecule has 0 bridgehead atoms. The Balaban J connectivity index is 1.75. The van der Waals surface area contributed by atoms with Crippen LogP contribution in [-0.2, 0) is 4.79 Å². The van der Waals surface area contributed by atoms with Gasteiger partial charge in [0.05, 0.1) is 11.4 Å². The van der Waals surface area contributed by atoms with Gasteiger partial charge in [0.2, 0.25) is 5.91 Å². The normalized spacial score (nSPS) is 21.4. The van der Waals surface area contributed by atoms with E-state index in [1.54, 1.807) is 28.9 Å². The number of hydrogen-bond donors (Lipinski definition) is 0. The number of carbonyl (C=O) groups excluding carboxylic acids is 2. The van der Waals surface area contributed by atoms with Crippen LogP contribution < -0.4 is 0 Å². The van der Waals surface area contributed by atoms with Gasteiger partial charge in [-0.2, -0.15) is 0 Å². The van der Waals surface area contributed by atoms with Gasteiger partial charge in [-0.05, 0) is 31.9 Å². The van der Waals surface area contributed by atoms with Crippen LogP contribution in [0.1, 0.15) is 28.9 Å². The van der Waals surface area contributed by atoms with E-state index in [4.69, 9.17) is 0 Å². The molecule has 0 aromatic carbocycles. The van der Waals surface area contributed by atoms with E-state index in [-0.39, 0.29) is 17.9 Å². The first-order valence-electron chi connectivity index (χ1n) is 7.16. The lowest BCUT2D eigenvalue weighted by Crippen LogP contribution is -2.48. The molecule has 21 heavy (non-hydrogen) atoms. The number of thioether (sulfide) groups is 1. The first-order valence-corrected chi connectivity index (χ1v) is 8.31. The maximum absolute atomic E-state index is 12.6. The third-order valence-electron chi connectivity index (χ3n) is 4.03. The molecule has 2 heterocycles. The number of hydrogen-bond acceptors (Lipinski definition) is 4. The maximum Gasteiger partial charge on any atom is 0.256 e. The van der Waals surface area contributed by atoms with Crippen LogP contribution in [0.15, 0.2) is 18.3 Å². The van der Waals surface area contributed by atoms with Crippen LogP contribution in [0, 0.1) is 6.92 Å². The highest BCUT2D eigenvalue weighted by atomic mass is 32.2. The fourth-order valence-electron chi connectivity index (χ4n) is 2.48. The molecule has 1 aliphatic carbocycles. The SMILES string of the molecule is Cc1ccc(C(=O)N2CSCC2C(=O)N(C)C2CC2)cn1. The molecular formula is C15H19N3O2S. The molecule has 2 aliphatic rings. The highest BCUT2D eigenvalue weighted by Gasteiger charge is 2.40. The van der Waals surface area contributed by atoms with Crippen molar-refractivity contribution in [3.8, 4) is 0 Å². The summed E-state index contributed by atoms with van der Waals surface area (Å²) in [5.41, 5.74) is 1.43. The molecule has 2 fully saturated rings. The van der Waals surface area contributed by atoms with E-state index in [9.17, 15) is 9.59 Å². The Kier molecular flexibility index (Phi) is 3.89. The van der Waals surface area contributed by atoms with Crippen molar-refractivity contribution in [2.24, 2.45) is 0 Å². The van der Waals surface area contributed by atoms with Crippen LogP contribution in [0.25, 0.3) is 0 Å². The summed E-state index contributed by atoms with van der Waals surface area (Å²) in [6.07, 6.45) is 3.75. The minimum Gasteiger partial charge on any atom is -0.341 e. The number of aryl methyl sites for hydroxylation is 1. The molecule has 0 spiro atoms. The second-order valence-electron chi connectivity index (χ2n) is 5.66. The van der Waals surface area contributed by atoms with Crippen molar-refractivity contribution in [3.05, 3.63) is 29.6 Å². The second kappa shape index (κ2) is 5.67.